The maximum Gasteiger partial charge on any atom is 0.312 e. The fourth-order valence-electron chi connectivity index (χ4n) is 0.663. The summed E-state index contributed by atoms with van der Waals surface area (Å²) in [4.78, 5) is 15.7. The smallest absolute Gasteiger partial charge is 0.312 e. The molecule has 1 rings (SSSR count). The van der Waals surface area contributed by atoms with Crippen molar-refractivity contribution in [1.29, 1.82) is 0 Å². The number of nitrogens with zero attached hydrogens (tertiary/aromatic N) is 1. The lowest BCUT2D eigenvalue weighted by atomic mass is 10.4. The Morgan fingerprint density at radius 1 is 1.75 bits per heavy atom. The number of amides is 1. The summed E-state index contributed by atoms with van der Waals surface area (Å²) in [5.74, 6) is -1.19. The van der Waals surface area contributed by atoms with Crippen LogP contribution >= 0.6 is 0 Å². The van der Waals surface area contributed by atoms with Crippen molar-refractivity contribution in [2.75, 3.05) is 14.2 Å². The van der Waals surface area contributed by atoms with Gasteiger partial charge in [-0.15, -0.1) is 0 Å². The molecule has 4 nitrogen and oxygen atoms in total. The normalized spacial score (nSPS) is 9.92. The Morgan fingerprint density at radius 2 is 2.42 bits per heavy atom. The van der Waals surface area contributed by atoms with E-state index in [2.05, 4.69) is 9.25 Å². The predicted octanol–water partition coefficient (Wildman–Crippen LogP) is 1.05. The van der Waals surface area contributed by atoms with Crippen LogP contribution < -0.4 is 0 Å². The summed E-state index contributed by atoms with van der Waals surface area (Å²) in [6.45, 7) is 0. The van der Waals surface area contributed by atoms with E-state index in [0.717, 1.165) is 17.4 Å². The second-order valence-electron chi connectivity index (χ2n) is 2.11. The van der Waals surface area contributed by atoms with Gasteiger partial charge in [0.1, 0.15) is 6.26 Å². The van der Waals surface area contributed by atoms with Crippen molar-refractivity contribution in [1.82, 2.24) is 5.06 Å². The summed E-state index contributed by atoms with van der Waals surface area (Å²) < 4.78 is 17.0. The molecular formula is C7H8FNO3. The summed E-state index contributed by atoms with van der Waals surface area (Å²) in [6, 6.07) is 0.998. The molecule has 0 spiro atoms. The minimum atomic E-state index is -0.581. The molecule has 0 saturated carbocycles. The third-order valence-electron chi connectivity index (χ3n) is 1.34. The molecule has 5 heteroatoms. The average Bonchev–Trinajstić information content (AvgIpc) is 2.49. The lowest BCUT2D eigenvalue weighted by molar-refractivity contribution is -0.0773. The van der Waals surface area contributed by atoms with Crippen molar-refractivity contribution in [2.45, 2.75) is 0 Å². The lowest BCUT2D eigenvalue weighted by Gasteiger charge is -2.10. The first-order chi connectivity index (χ1) is 5.65. The number of hydrogen-bond acceptors (Lipinski definition) is 3. The van der Waals surface area contributed by atoms with Gasteiger partial charge in [0, 0.05) is 13.1 Å². The van der Waals surface area contributed by atoms with E-state index in [0.29, 0.717) is 0 Å². The molecule has 0 aliphatic rings. The van der Waals surface area contributed by atoms with Gasteiger partial charge in [0.15, 0.2) is 11.6 Å². The highest BCUT2D eigenvalue weighted by molar-refractivity contribution is 5.90. The van der Waals surface area contributed by atoms with Crippen molar-refractivity contribution >= 4 is 5.91 Å². The Kier molecular flexibility index (Phi) is 2.44. The van der Waals surface area contributed by atoms with E-state index in [1.807, 2.05) is 0 Å². The molecule has 1 heterocycles. The van der Waals surface area contributed by atoms with E-state index in [4.69, 9.17) is 0 Å². The summed E-state index contributed by atoms with van der Waals surface area (Å²) in [5.41, 5.74) is 0. The highest BCUT2D eigenvalue weighted by Crippen LogP contribution is 2.07. The Hall–Kier alpha value is -1.36. The predicted molar refractivity (Wildman–Crippen MR) is 37.8 cm³/mol. The third-order valence-corrected chi connectivity index (χ3v) is 1.34. The fourth-order valence-corrected chi connectivity index (χ4v) is 0.663. The van der Waals surface area contributed by atoms with Gasteiger partial charge < -0.3 is 4.42 Å². The van der Waals surface area contributed by atoms with Crippen LogP contribution in [0.5, 0.6) is 0 Å². The van der Waals surface area contributed by atoms with Crippen molar-refractivity contribution in [3.8, 4) is 0 Å². The molecule has 66 valence electrons. The van der Waals surface area contributed by atoms with Crippen LogP contribution in [-0.4, -0.2) is 25.1 Å². The maximum atomic E-state index is 12.3. The summed E-state index contributed by atoms with van der Waals surface area (Å²) in [5, 5.41) is 0.943. The van der Waals surface area contributed by atoms with Gasteiger partial charge in [-0.1, -0.05) is 0 Å². The van der Waals surface area contributed by atoms with Gasteiger partial charge in [-0.3, -0.25) is 9.63 Å². The zero-order chi connectivity index (χ0) is 9.14. The second kappa shape index (κ2) is 3.36. The number of carbonyl (C=O) groups excluding carboxylic acids is 1. The van der Waals surface area contributed by atoms with Crippen LogP contribution in [0.1, 0.15) is 10.6 Å². The largest absolute Gasteiger partial charge is 0.456 e. The highest BCUT2D eigenvalue weighted by atomic mass is 19.1. The van der Waals surface area contributed by atoms with Gasteiger partial charge in [-0.2, -0.15) is 0 Å². The number of rotatable bonds is 2. The molecule has 0 radical (unpaired) electrons. The Morgan fingerprint density at radius 3 is 2.83 bits per heavy atom. The molecule has 1 aromatic rings. The molecule has 0 atom stereocenters. The Balaban J connectivity index is 2.78. The first kappa shape index (κ1) is 8.73. The van der Waals surface area contributed by atoms with Gasteiger partial charge in [-0.05, 0) is 0 Å². The first-order valence-electron chi connectivity index (χ1n) is 3.21. The van der Waals surface area contributed by atoms with Crippen LogP contribution in [0.25, 0.3) is 0 Å². The van der Waals surface area contributed by atoms with Crippen LogP contribution in [0.15, 0.2) is 16.7 Å². The topological polar surface area (TPSA) is 42.7 Å². The van der Waals surface area contributed by atoms with E-state index in [9.17, 15) is 9.18 Å². The molecule has 0 saturated heterocycles. The lowest BCUT2D eigenvalue weighted by Crippen LogP contribution is -2.24. The number of hydroxylamine groups is 2. The molecular weight excluding hydrogens is 165 g/mol. The van der Waals surface area contributed by atoms with E-state index < -0.39 is 11.7 Å². The third kappa shape index (κ3) is 1.62. The number of carbonyl (C=O) groups is 1. The molecule has 1 amide bonds. The molecule has 0 N–H and O–H groups in total. The molecule has 0 aromatic carbocycles. The molecule has 0 bridgehead atoms. The molecule has 0 aliphatic heterocycles. The van der Waals surface area contributed by atoms with Gasteiger partial charge in [-0.25, -0.2) is 9.45 Å². The van der Waals surface area contributed by atoms with Crippen LogP contribution in [0.2, 0.25) is 0 Å². The number of hydrogen-bond donors (Lipinski definition) is 0. The van der Waals surface area contributed by atoms with Crippen LogP contribution in [0.4, 0.5) is 4.39 Å². The minimum Gasteiger partial charge on any atom is -0.456 e. The zero-order valence-electron chi connectivity index (χ0n) is 6.70. The molecule has 0 unspecified atom stereocenters. The molecule has 12 heavy (non-hydrogen) atoms. The molecule has 0 aliphatic carbocycles. The summed E-state index contributed by atoms with van der Waals surface area (Å²) in [7, 11) is 2.74. The monoisotopic (exact) mass is 173 g/mol. The van der Waals surface area contributed by atoms with Gasteiger partial charge in [0.2, 0.25) is 0 Å². The molecule has 0 fully saturated rings. The highest BCUT2D eigenvalue weighted by Gasteiger charge is 2.15. The van der Waals surface area contributed by atoms with Crippen molar-refractivity contribution in [2.24, 2.45) is 0 Å². The fraction of sp³-hybridized carbons (Fsp3) is 0.286. The second-order valence-corrected chi connectivity index (χ2v) is 2.11. The van der Waals surface area contributed by atoms with Crippen LogP contribution in [-0.2, 0) is 4.84 Å². The van der Waals surface area contributed by atoms with E-state index >= 15 is 0 Å². The summed E-state index contributed by atoms with van der Waals surface area (Å²) in [6.07, 6.45) is 0.858. The zero-order valence-corrected chi connectivity index (χ0v) is 6.70. The number of furan rings is 1. The van der Waals surface area contributed by atoms with Crippen molar-refractivity contribution in [3.63, 3.8) is 0 Å². The standard InChI is InChI=1S/C7H8FNO3/c1-9(11-2)7(10)6-3-5(8)4-12-6/h3-4H,1-2H3. The quantitative estimate of drug-likeness (QED) is 0.628. The van der Waals surface area contributed by atoms with E-state index in [1.54, 1.807) is 0 Å². The van der Waals surface area contributed by atoms with Gasteiger partial charge >= 0.3 is 5.91 Å². The van der Waals surface area contributed by atoms with Gasteiger partial charge in [0.05, 0.1) is 7.11 Å². The first-order valence-corrected chi connectivity index (χ1v) is 3.21. The summed E-state index contributed by atoms with van der Waals surface area (Å²) >= 11 is 0. The maximum absolute atomic E-state index is 12.3. The SMILES string of the molecule is CON(C)C(=O)c1cc(F)co1. The van der Waals surface area contributed by atoms with Crippen LogP contribution in [0, 0.1) is 5.82 Å². The Labute approximate surface area is 68.5 Å². The van der Waals surface area contributed by atoms with E-state index in [-0.39, 0.29) is 5.76 Å². The Bertz CT molecular complexity index is 284. The number of halogens is 1. The van der Waals surface area contributed by atoms with Crippen molar-refractivity contribution < 1.29 is 18.4 Å². The van der Waals surface area contributed by atoms with Crippen molar-refractivity contribution in [3.05, 3.63) is 23.9 Å². The van der Waals surface area contributed by atoms with Gasteiger partial charge in [0.25, 0.3) is 0 Å². The average molecular weight is 173 g/mol. The van der Waals surface area contributed by atoms with Crippen LogP contribution in [0.3, 0.4) is 0 Å². The van der Waals surface area contributed by atoms with E-state index in [1.165, 1.54) is 14.2 Å². The minimum absolute atomic E-state index is 0.0862. The molecule has 1 aromatic heterocycles.